The van der Waals surface area contributed by atoms with Gasteiger partial charge in [0.25, 0.3) is 11.8 Å². The lowest BCUT2D eigenvalue weighted by Gasteiger charge is -2.42. The van der Waals surface area contributed by atoms with Crippen LogP contribution in [0.2, 0.25) is 5.02 Å². The third kappa shape index (κ3) is 3.98. The molecule has 2 aliphatic heterocycles. The van der Waals surface area contributed by atoms with Crippen LogP contribution < -0.4 is 10.7 Å². The Bertz CT molecular complexity index is 1210. The summed E-state index contributed by atoms with van der Waals surface area (Å²) >= 11 is 7.08. The first-order chi connectivity index (χ1) is 15.7. The molecular formula is C21H20ClF2N3O5S. The Morgan fingerprint density at radius 3 is 2.85 bits per heavy atom. The molecule has 2 aliphatic rings. The highest BCUT2D eigenvalue weighted by Crippen LogP contribution is 2.42. The largest absolute Gasteiger partial charge is 0.503 e. The number of carbonyl (C=O) groups is 2. The molecule has 2 N–H and O–H groups in total. The van der Waals surface area contributed by atoms with Crippen LogP contribution in [0.3, 0.4) is 0 Å². The van der Waals surface area contributed by atoms with Gasteiger partial charge in [0.15, 0.2) is 11.4 Å². The summed E-state index contributed by atoms with van der Waals surface area (Å²) in [5.41, 5.74) is -1.71. The molecule has 4 rings (SSSR count). The summed E-state index contributed by atoms with van der Waals surface area (Å²) in [7, 11) is 0. The fourth-order valence-corrected chi connectivity index (χ4v) is 5.55. The molecule has 2 amide bonds. The lowest BCUT2D eigenvalue weighted by molar-refractivity contribution is 0.0273. The van der Waals surface area contributed by atoms with E-state index in [1.807, 2.05) is 6.92 Å². The van der Waals surface area contributed by atoms with Crippen molar-refractivity contribution in [1.82, 2.24) is 14.8 Å². The topological polar surface area (TPSA) is 101 Å². The molecule has 1 saturated heterocycles. The molecule has 2 aromatic rings. The molecule has 0 unspecified atom stereocenters. The molecule has 0 bridgehead atoms. The van der Waals surface area contributed by atoms with Crippen LogP contribution in [0, 0.1) is 11.6 Å². The zero-order valence-corrected chi connectivity index (χ0v) is 19.1. The van der Waals surface area contributed by atoms with E-state index in [2.05, 4.69) is 5.32 Å². The summed E-state index contributed by atoms with van der Waals surface area (Å²) < 4.78 is 34.4. The number of benzene rings is 1. The molecule has 0 radical (unpaired) electrons. The molecule has 1 fully saturated rings. The standard InChI is InChI=1S/C21H20ClF2N3O5S/c1-2-32-10-21-9-26-8-12(17(28)18(29)16(26)20(31)27(21)5-6-33-21)19(30)25-7-11-3-4-13(23)14(22)15(11)24/h3-4,8,29H,2,5-7,9-10H2,1H3,(H,25,30)/t21-/m0/s1. The first-order valence-electron chi connectivity index (χ1n) is 10.1. The minimum atomic E-state index is -1.02. The molecular weight excluding hydrogens is 480 g/mol. The third-order valence-corrected chi connectivity index (χ3v) is 7.37. The van der Waals surface area contributed by atoms with Crippen LogP contribution >= 0.6 is 23.4 Å². The summed E-state index contributed by atoms with van der Waals surface area (Å²) in [5, 5.41) is 12.2. The lowest BCUT2D eigenvalue weighted by Crippen LogP contribution is -2.56. The quantitative estimate of drug-likeness (QED) is 0.592. The Balaban J connectivity index is 1.65. The Kier molecular flexibility index (Phi) is 6.39. The number of hydrogen-bond donors (Lipinski definition) is 2. The van der Waals surface area contributed by atoms with Gasteiger partial charge in [-0.3, -0.25) is 14.4 Å². The summed E-state index contributed by atoms with van der Waals surface area (Å²) in [5.74, 6) is -3.54. The Morgan fingerprint density at radius 2 is 2.12 bits per heavy atom. The summed E-state index contributed by atoms with van der Waals surface area (Å²) in [6.07, 6.45) is 1.21. The van der Waals surface area contributed by atoms with Gasteiger partial charge < -0.3 is 24.6 Å². The molecule has 1 aromatic carbocycles. The van der Waals surface area contributed by atoms with Crippen molar-refractivity contribution < 1.29 is 28.2 Å². The predicted octanol–water partition coefficient (Wildman–Crippen LogP) is 2.35. The molecule has 0 aliphatic carbocycles. The van der Waals surface area contributed by atoms with E-state index in [1.54, 1.807) is 4.90 Å². The average molecular weight is 500 g/mol. The van der Waals surface area contributed by atoms with E-state index in [1.165, 1.54) is 22.5 Å². The Labute approximate surface area is 196 Å². The van der Waals surface area contributed by atoms with Crippen molar-refractivity contribution >= 4 is 35.2 Å². The van der Waals surface area contributed by atoms with Crippen molar-refractivity contribution in [3.8, 4) is 5.75 Å². The van der Waals surface area contributed by atoms with Crippen molar-refractivity contribution in [2.75, 3.05) is 25.5 Å². The number of aromatic hydroxyl groups is 1. The highest BCUT2D eigenvalue weighted by Gasteiger charge is 2.50. The number of nitrogens with zero attached hydrogens (tertiary/aromatic N) is 2. The molecule has 12 heteroatoms. The fourth-order valence-electron chi connectivity index (χ4n) is 3.98. The van der Waals surface area contributed by atoms with Crippen LogP contribution in [-0.2, 0) is 17.8 Å². The smallest absolute Gasteiger partial charge is 0.275 e. The Hall–Kier alpha value is -2.63. The van der Waals surface area contributed by atoms with Gasteiger partial charge in [-0.2, -0.15) is 0 Å². The van der Waals surface area contributed by atoms with Gasteiger partial charge in [-0.25, -0.2) is 8.78 Å². The summed E-state index contributed by atoms with van der Waals surface area (Å²) in [6.45, 7) is 2.81. The first kappa shape index (κ1) is 23.5. The number of thioether (sulfide) groups is 1. The minimum absolute atomic E-state index is 0.0825. The second-order valence-electron chi connectivity index (χ2n) is 7.60. The van der Waals surface area contributed by atoms with Crippen molar-refractivity contribution in [2.45, 2.75) is 24.9 Å². The maximum atomic E-state index is 14.1. The minimum Gasteiger partial charge on any atom is -0.503 e. The average Bonchev–Trinajstić information content (AvgIpc) is 3.22. The van der Waals surface area contributed by atoms with E-state index in [0.717, 1.165) is 12.1 Å². The number of halogens is 3. The van der Waals surface area contributed by atoms with Crippen molar-refractivity contribution in [3.63, 3.8) is 0 Å². The van der Waals surface area contributed by atoms with E-state index in [0.29, 0.717) is 18.9 Å². The number of hydrogen-bond acceptors (Lipinski definition) is 6. The fraction of sp³-hybridized carbons (Fsp3) is 0.381. The SMILES string of the molecule is CCOC[C@@]12Cn3cc(C(=O)NCc4ccc(F)c(Cl)c4F)c(=O)c(O)c3C(=O)N1CCS2. The van der Waals surface area contributed by atoms with Gasteiger partial charge in [0.2, 0.25) is 5.43 Å². The number of carbonyl (C=O) groups excluding carboxylic acids is 2. The molecule has 3 heterocycles. The van der Waals surface area contributed by atoms with Crippen LogP contribution in [0.25, 0.3) is 0 Å². The van der Waals surface area contributed by atoms with Crippen molar-refractivity contribution in [3.05, 3.63) is 62.0 Å². The maximum Gasteiger partial charge on any atom is 0.275 e. The van der Waals surface area contributed by atoms with E-state index < -0.39 is 50.1 Å². The van der Waals surface area contributed by atoms with E-state index in [4.69, 9.17) is 16.3 Å². The number of pyridine rings is 1. The van der Waals surface area contributed by atoms with Crippen LogP contribution in [-0.4, -0.2) is 56.8 Å². The molecule has 0 saturated carbocycles. The number of fused-ring (bicyclic) bond motifs is 2. The number of rotatable bonds is 6. The number of nitrogens with one attached hydrogen (secondary N) is 1. The zero-order chi connectivity index (χ0) is 23.9. The predicted molar refractivity (Wildman–Crippen MR) is 118 cm³/mol. The van der Waals surface area contributed by atoms with Crippen molar-refractivity contribution in [2.24, 2.45) is 0 Å². The van der Waals surface area contributed by atoms with Crippen LogP contribution in [0.4, 0.5) is 8.78 Å². The lowest BCUT2D eigenvalue weighted by atomic mass is 10.1. The van der Waals surface area contributed by atoms with Crippen LogP contribution in [0.15, 0.2) is 23.1 Å². The van der Waals surface area contributed by atoms with E-state index in [9.17, 15) is 28.3 Å². The molecule has 1 aromatic heterocycles. The molecule has 0 spiro atoms. The summed E-state index contributed by atoms with van der Waals surface area (Å²) in [4.78, 5) is 39.3. The summed E-state index contributed by atoms with van der Waals surface area (Å²) in [6, 6.07) is 2.08. The maximum absolute atomic E-state index is 14.1. The normalized spacial score (nSPS) is 19.4. The molecule has 8 nitrogen and oxygen atoms in total. The zero-order valence-electron chi connectivity index (χ0n) is 17.5. The molecule has 1 atom stereocenters. The van der Waals surface area contributed by atoms with Gasteiger partial charge in [-0.05, 0) is 13.0 Å². The van der Waals surface area contributed by atoms with Gasteiger partial charge >= 0.3 is 0 Å². The number of ether oxygens (including phenoxy) is 1. The first-order valence-corrected chi connectivity index (χ1v) is 11.5. The van der Waals surface area contributed by atoms with Crippen LogP contribution in [0.5, 0.6) is 5.75 Å². The third-order valence-electron chi connectivity index (χ3n) is 5.63. The van der Waals surface area contributed by atoms with Crippen molar-refractivity contribution in [1.29, 1.82) is 0 Å². The molecule has 176 valence electrons. The van der Waals surface area contributed by atoms with E-state index in [-0.39, 0.29) is 31.0 Å². The highest BCUT2D eigenvalue weighted by atomic mass is 35.5. The highest BCUT2D eigenvalue weighted by molar-refractivity contribution is 8.00. The van der Waals surface area contributed by atoms with Gasteiger partial charge in [0, 0.05) is 37.2 Å². The van der Waals surface area contributed by atoms with Gasteiger partial charge in [0.05, 0.1) is 13.2 Å². The van der Waals surface area contributed by atoms with Gasteiger partial charge in [-0.1, -0.05) is 17.7 Å². The molecule has 33 heavy (non-hydrogen) atoms. The number of amides is 2. The second kappa shape index (κ2) is 8.96. The van der Waals surface area contributed by atoms with Crippen LogP contribution in [0.1, 0.15) is 33.3 Å². The Morgan fingerprint density at radius 1 is 1.36 bits per heavy atom. The number of aromatic nitrogens is 1. The van der Waals surface area contributed by atoms with Gasteiger partial charge in [0.1, 0.15) is 27.1 Å². The van der Waals surface area contributed by atoms with E-state index >= 15 is 0 Å². The monoisotopic (exact) mass is 499 g/mol. The van der Waals surface area contributed by atoms with Gasteiger partial charge in [-0.15, -0.1) is 11.8 Å². The second-order valence-corrected chi connectivity index (χ2v) is 9.44.